The molecule has 6 heteroatoms. The topological polar surface area (TPSA) is 96.3 Å². The first-order chi connectivity index (χ1) is 10.5. The average Bonchev–Trinajstić information content (AvgIpc) is 2.46. The largest absolute Gasteiger partial charge is 0.485 e. The number of nitrogens with one attached hydrogen (secondary N) is 1. The molecule has 0 fully saturated rings. The third-order valence-electron chi connectivity index (χ3n) is 2.78. The average molecular weight is 302 g/mol. The number of rotatable bonds is 8. The number of benzene rings is 1. The Morgan fingerprint density at radius 3 is 2.64 bits per heavy atom. The van der Waals surface area contributed by atoms with E-state index in [1.165, 1.54) is 19.1 Å². The summed E-state index contributed by atoms with van der Waals surface area (Å²) in [5.74, 6) is -0.478. The molecule has 1 N–H and O–H groups in total. The number of ether oxygens (including phenoxy) is 1. The predicted molar refractivity (Wildman–Crippen MR) is 80.7 cm³/mol. The van der Waals surface area contributed by atoms with Gasteiger partial charge in [0, 0.05) is 12.1 Å². The fourth-order valence-electron chi connectivity index (χ4n) is 1.76. The minimum absolute atomic E-state index is 0.130. The van der Waals surface area contributed by atoms with Gasteiger partial charge in [0.2, 0.25) is 5.91 Å². The zero-order valence-corrected chi connectivity index (χ0v) is 12.6. The van der Waals surface area contributed by atoms with Crippen molar-refractivity contribution < 1.29 is 19.1 Å². The lowest BCUT2D eigenvalue weighted by atomic mass is 10.1. The number of nitrogens with zero attached hydrogens (tertiary/aromatic N) is 1. The minimum Gasteiger partial charge on any atom is -0.485 e. The van der Waals surface area contributed by atoms with Crippen LogP contribution in [0.25, 0.3) is 0 Å². The van der Waals surface area contributed by atoms with E-state index in [4.69, 9.17) is 10.00 Å². The summed E-state index contributed by atoms with van der Waals surface area (Å²) in [6.45, 7) is 3.00. The summed E-state index contributed by atoms with van der Waals surface area (Å²) >= 11 is 0. The molecule has 0 aliphatic rings. The lowest BCUT2D eigenvalue weighted by Gasteiger charge is -2.11. The quantitative estimate of drug-likeness (QED) is 0.744. The second-order valence-corrected chi connectivity index (χ2v) is 4.73. The fourth-order valence-corrected chi connectivity index (χ4v) is 1.76. The monoisotopic (exact) mass is 302 g/mol. The lowest BCUT2D eigenvalue weighted by molar-refractivity contribution is -0.120. The van der Waals surface area contributed by atoms with Crippen LogP contribution < -0.4 is 10.1 Å². The highest BCUT2D eigenvalue weighted by Crippen LogP contribution is 2.24. The molecule has 0 radical (unpaired) electrons. The highest BCUT2D eigenvalue weighted by Gasteiger charge is 2.12. The molecule has 22 heavy (non-hydrogen) atoms. The third-order valence-corrected chi connectivity index (χ3v) is 2.78. The first-order valence-electron chi connectivity index (χ1n) is 6.94. The van der Waals surface area contributed by atoms with Crippen molar-refractivity contribution in [1.82, 2.24) is 0 Å². The van der Waals surface area contributed by atoms with E-state index in [0.717, 1.165) is 6.42 Å². The Kier molecular flexibility index (Phi) is 6.77. The van der Waals surface area contributed by atoms with Gasteiger partial charge in [-0.15, -0.1) is 0 Å². The molecule has 1 rings (SSSR count). The van der Waals surface area contributed by atoms with Crippen molar-refractivity contribution in [2.75, 3.05) is 11.9 Å². The van der Waals surface area contributed by atoms with E-state index in [9.17, 15) is 14.4 Å². The van der Waals surface area contributed by atoms with E-state index < -0.39 is 0 Å². The molecule has 0 saturated heterocycles. The minimum atomic E-state index is -0.364. The Labute approximate surface area is 129 Å². The Hall–Kier alpha value is -2.68. The van der Waals surface area contributed by atoms with Crippen molar-refractivity contribution in [3.05, 3.63) is 23.8 Å². The number of hydrogen-bond acceptors (Lipinski definition) is 5. The molecular weight excluding hydrogens is 284 g/mol. The number of nitriles is 1. The van der Waals surface area contributed by atoms with Crippen LogP contribution in [0.15, 0.2) is 18.2 Å². The standard InChI is InChI=1S/C16H18N2O4/c1-3-4-16(21)18-12-5-6-15(14(9-12)11(2)19)22-10-13(20)7-8-17/h5-6,9H,3-4,7,10H2,1-2H3,(H,18,21). The zero-order valence-electron chi connectivity index (χ0n) is 12.6. The van der Waals surface area contributed by atoms with Crippen LogP contribution in [0.5, 0.6) is 5.75 Å². The van der Waals surface area contributed by atoms with Crippen LogP contribution in [-0.2, 0) is 9.59 Å². The molecule has 0 spiro atoms. The van der Waals surface area contributed by atoms with E-state index in [1.807, 2.05) is 6.92 Å². The normalized spacial score (nSPS) is 9.68. The van der Waals surface area contributed by atoms with Crippen molar-refractivity contribution in [2.24, 2.45) is 0 Å². The summed E-state index contributed by atoms with van der Waals surface area (Å²) in [6.07, 6.45) is 0.893. The third kappa shape index (κ3) is 5.37. The molecule has 1 aromatic carbocycles. The van der Waals surface area contributed by atoms with Gasteiger partial charge >= 0.3 is 0 Å². The van der Waals surface area contributed by atoms with Gasteiger partial charge in [0.1, 0.15) is 12.4 Å². The Bertz CT molecular complexity index is 617. The molecule has 0 saturated carbocycles. The van der Waals surface area contributed by atoms with E-state index in [2.05, 4.69) is 5.32 Å². The van der Waals surface area contributed by atoms with Gasteiger partial charge in [-0.1, -0.05) is 6.92 Å². The summed E-state index contributed by atoms with van der Waals surface area (Å²) in [7, 11) is 0. The molecule has 0 unspecified atom stereocenters. The maximum Gasteiger partial charge on any atom is 0.224 e. The maximum absolute atomic E-state index is 11.7. The van der Waals surface area contributed by atoms with Gasteiger partial charge < -0.3 is 10.1 Å². The maximum atomic E-state index is 11.7. The fraction of sp³-hybridized carbons (Fsp3) is 0.375. The van der Waals surface area contributed by atoms with Crippen LogP contribution in [0.3, 0.4) is 0 Å². The summed E-state index contributed by atoms with van der Waals surface area (Å²) < 4.78 is 5.29. The van der Waals surface area contributed by atoms with Gasteiger partial charge in [-0.2, -0.15) is 5.26 Å². The van der Waals surface area contributed by atoms with Crippen molar-refractivity contribution in [3.8, 4) is 11.8 Å². The van der Waals surface area contributed by atoms with Crippen molar-refractivity contribution in [3.63, 3.8) is 0 Å². The number of Topliss-reactive ketones (excluding diaryl/α,β-unsaturated/α-hetero) is 2. The molecule has 0 aromatic heterocycles. The smallest absolute Gasteiger partial charge is 0.224 e. The zero-order chi connectivity index (χ0) is 16.5. The molecule has 0 atom stereocenters. The highest BCUT2D eigenvalue weighted by molar-refractivity contribution is 5.99. The Balaban J connectivity index is 2.86. The number of ketones is 2. The van der Waals surface area contributed by atoms with Crippen LogP contribution >= 0.6 is 0 Å². The second-order valence-electron chi connectivity index (χ2n) is 4.73. The second kappa shape index (κ2) is 8.57. The Morgan fingerprint density at radius 2 is 2.05 bits per heavy atom. The molecule has 1 aromatic rings. The van der Waals surface area contributed by atoms with Gasteiger partial charge in [0.05, 0.1) is 18.1 Å². The number of amides is 1. The van der Waals surface area contributed by atoms with Gasteiger partial charge in [-0.3, -0.25) is 14.4 Å². The molecule has 1 amide bonds. The Morgan fingerprint density at radius 1 is 1.32 bits per heavy atom. The van der Waals surface area contributed by atoms with E-state index in [0.29, 0.717) is 12.1 Å². The van der Waals surface area contributed by atoms with Gasteiger partial charge in [-0.05, 0) is 31.5 Å². The van der Waals surface area contributed by atoms with Crippen LogP contribution in [0.1, 0.15) is 43.5 Å². The molecule has 6 nitrogen and oxygen atoms in total. The lowest BCUT2D eigenvalue weighted by Crippen LogP contribution is -2.13. The molecule has 0 heterocycles. The molecule has 0 aliphatic heterocycles. The summed E-state index contributed by atoms with van der Waals surface area (Å²) in [5, 5.41) is 11.1. The van der Waals surface area contributed by atoms with Crippen LogP contribution in [-0.4, -0.2) is 24.1 Å². The summed E-state index contributed by atoms with van der Waals surface area (Å²) in [6, 6.07) is 6.38. The first kappa shape index (κ1) is 17.4. The van der Waals surface area contributed by atoms with E-state index >= 15 is 0 Å². The van der Waals surface area contributed by atoms with Gasteiger partial charge in [0.25, 0.3) is 0 Å². The number of anilines is 1. The summed E-state index contributed by atoms with van der Waals surface area (Å²) in [4.78, 5) is 34.5. The molecule has 116 valence electrons. The molecule has 0 aliphatic carbocycles. The van der Waals surface area contributed by atoms with E-state index in [-0.39, 0.29) is 41.8 Å². The van der Waals surface area contributed by atoms with Gasteiger partial charge in [-0.25, -0.2) is 0 Å². The molecular formula is C16H18N2O4. The SMILES string of the molecule is CCCC(=O)Nc1ccc(OCC(=O)CC#N)c(C(C)=O)c1. The predicted octanol–water partition coefficient (Wildman–Crippen LogP) is 2.49. The van der Waals surface area contributed by atoms with Crippen LogP contribution in [0.4, 0.5) is 5.69 Å². The van der Waals surface area contributed by atoms with Gasteiger partial charge in [0.15, 0.2) is 11.6 Å². The van der Waals surface area contributed by atoms with Crippen LogP contribution in [0, 0.1) is 11.3 Å². The number of carbonyl (C=O) groups is 3. The summed E-state index contributed by atoms with van der Waals surface area (Å²) in [5.41, 5.74) is 0.776. The first-order valence-corrected chi connectivity index (χ1v) is 6.94. The van der Waals surface area contributed by atoms with Crippen molar-refractivity contribution in [2.45, 2.75) is 33.1 Å². The van der Waals surface area contributed by atoms with Crippen molar-refractivity contribution in [1.29, 1.82) is 5.26 Å². The highest BCUT2D eigenvalue weighted by atomic mass is 16.5. The van der Waals surface area contributed by atoms with E-state index in [1.54, 1.807) is 12.1 Å². The number of carbonyl (C=O) groups excluding carboxylic acids is 3. The number of hydrogen-bond donors (Lipinski definition) is 1. The van der Waals surface area contributed by atoms with Crippen molar-refractivity contribution >= 4 is 23.2 Å². The molecule has 0 bridgehead atoms. The van der Waals surface area contributed by atoms with Crippen LogP contribution in [0.2, 0.25) is 0 Å².